The van der Waals surface area contributed by atoms with Crippen LogP contribution in [0.25, 0.3) is 0 Å². The Hall–Kier alpha value is 1.48. The Labute approximate surface area is 269 Å². The topological polar surface area (TPSA) is 49.7 Å². The second-order valence-corrected chi connectivity index (χ2v) is 15.1. The Bertz CT molecular complexity index is 920. The molecule has 0 heterocycles. The Morgan fingerprint density at radius 3 is 2.59 bits per heavy atom. The van der Waals surface area contributed by atoms with Crippen molar-refractivity contribution in [3.05, 3.63) is 17.8 Å². The van der Waals surface area contributed by atoms with Crippen LogP contribution in [0.5, 0.6) is 0 Å². The van der Waals surface area contributed by atoms with Gasteiger partial charge in [0.1, 0.15) is 0 Å². The minimum atomic E-state index is -0.313. The van der Waals surface area contributed by atoms with E-state index in [-0.39, 0.29) is 89.3 Å². The molecule has 0 aromatic heterocycles. The Morgan fingerprint density at radius 2 is 1.95 bits per heavy atom. The first kappa shape index (κ1) is 30.0. The summed E-state index contributed by atoms with van der Waals surface area (Å²) in [5.41, 5.74) is 1.58. The summed E-state index contributed by atoms with van der Waals surface area (Å²) >= 11 is 1.17. The van der Waals surface area contributed by atoms with Crippen molar-refractivity contribution in [2.75, 3.05) is 0 Å². The minimum Gasteiger partial charge on any atom is -0.562 e. The zero-order valence-corrected chi connectivity index (χ0v) is 30.0. The number of aliphatic hydroxyl groups is 2. The van der Waals surface area contributed by atoms with Gasteiger partial charge in [0.25, 0.3) is 0 Å². The fourth-order valence-corrected chi connectivity index (χ4v) is 12.0. The van der Waals surface area contributed by atoms with Crippen molar-refractivity contribution in [1.29, 1.82) is 1.34 Å². The maximum atomic E-state index is 12.1. The van der Waals surface area contributed by atoms with Gasteiger partial charge in [-0.3, -0.25) is 0 Å². The summed E-state index contributed by atoms with van der Waals surface area (Å²) in [7, 11) is 1.29. The van der Waals surface area contributed by atoms with Gasteiger partial charge in [0.2, 0.25) is 7.09 Å². The van der Waals surface area contributed by atoms with E-state index in [0.717, 1.165) is 63.9 Å². The number of rotatable bonds is 7. The van der Waals surface area contributed by atoms with E-state index in [1.165, 1.54) is 31.0 Å². The molecule has 5 aliphatic rings. The van der Waals surface area contributed by atoms with Crippen LogP contribution in [0, 0.1) is 101 Å². The van der Waals surface area contributed by atoms with E-state index in [4.69, 9.17) is 5.52 Å². The van der Waals surface area contributed by atoms with E-state index >= 15 is 0 Å². The predicted octanol–water partition coefficient (Wildman–Crippen LogP) is 7.53. The van der Waals surface area contributed by atoms with Crippen LogP contribution in [-0.2, 0) is 4.18 Å². The molecule has 5 rings (SSSR count). The Balaban J connectivity index is 0.00000336. The van der Waals surface area contributed by atoms with Crippen molar-refractivity contribution < 1.29 is 58.5 Å². The molecule has 9 unspecified atom stereocenters. The predicted molar refractivity (Wildman–Crippen MR) is 151 cm³/mol. The van der Waals surface area contributed by atoms with E-state index in [2.05, 4.69) is 54.5 Å². The van der Waals surface area contributed by atoms with Gasteiger partial charge < -0.3 is 14.4 Å². The third-order valence-electron chi connectivity index (χ3n) is 13.5. The molecule has 5 fully saturated rings. The first-order valence-electron chi connectivity index (χ1n) is 15.3. The van der Waals surface area contributed by atoms with Crippen LogP contribution in [0.2, 0.25) is 0 Å². The van der Waals surface area contributed by atoms with Crippen molar-refractivity contribution in [2.24, 2.45) is 50.7 Å². The van der Waals surface area contributed by atoms with E-state index in [1.807, 2.05) is 0 Å². The largest absolute Gasteiger partial charge is 0.562 e. The molecule has 0 amide bonds. The molecule has 0 aliphatic heterocycles. The summed E-state index contributed by atoms with van der Waals surface area (Å²) in [5.74, 6) is 1.57. The van der Waals surface area contributed by atoms with Gasteiger partial charge in [-0.05, 0) is 88.7 Å². The molecule has 37 heavy (non-hydrogen) atoms. The second kappa shape index (κ2) is 10.6. The van der Waals surface area contributed by atoms with Gasteiger partial charge in [0, 0.05) is 44.1 Å². The first-order valence-corrected chi connectivity index (χ1v) is 15.6. The normalized spacial score (nSPS) is 52.8. The van der Waals surface area contributed by atoms with Crippen molar-refractivity contribution in [3.8, 4) is 0 Å². The van der Waals surface area contributed by atoms with Crippen molar-refractivity contribution in [2.45, 2.75) is 125 Å². The molecular weight excluding hydrogens is 690 g/mol. The van der Waals surface area contributed by atoms with Crippen molar-refractivity contribution >= 4 is 19.0 Å². The molecule has 0 aromatic carbocycles. The standard InChI is InChI=1S/C31H51BO3S.Ac/c1-8-30(13-9-10-19(2)3)18-31(30)24-16-22(33)26-27(5)14-12-23(35-36-32)20(4)21(27)11-15-28(26,6)29(24,7)17-25(31)34;/h10,20-24,26,32-34H,8-9,11-18H2,1-7H3;/q-1;/t20?,21?,22?,23?,24?,26?,27-,28?,29-,30?,31?;/m0./s1/i32T;. The first-order chi connectivity index (χ1) is 17.4. The second-order valence-electron chi connectivity index (χ2n) is 14.7. The number of fused-ring (bicyclic) bond motifs is 6. The van der Waals surface area contributed by atoms with Crippen LogP contribution in [0.15, 0.2) is 11.6 Å². The molecule has 6 heteroatoms. The zero-order chi connectivity index (χ0) is 27.0. The van der Waals surface area contributed by atoms with Gasteiger partial charge in [0.15, 0.2) is 0 Å². The van der Waals surface area contributed by atoms with Gasteiger partial charge in [-0.1, -0.05) is 87.8 Å². The van der Waals surface area contributed by atoms with Crippen LogP contribution in [0.4, 0.5) is 0 Å². The molecule has 206 valence electrons. The molecule has 11 atom stereocenters. The van der Waals surface area contributed by atoms with E-state index in [1.54, 1.807) is 0 Å². The van der Waals surface area contributed by atoms with Gasteiger partial charge in [-0.15, -0.1) is 11.8 Å². The molecule has 0 aromatic rings. The SMILES string of the molecule is [3H][B]SOC1CC[C@@]2(C)C(CCC3(C)C2C(O)CC2C4(CC4(CC)CCC=C(C)C)[C-](O)C[C@@]23C)C1C.[Ac]. The molecule has 5 aliphatic carbocycles. The average molecular weight is 744 g/mol. The summed E-state index contributed by atoms with van der Waals surface area (Å²) in [5, 5.41) is 23.9. The minimum absolute atomic E-state index is 0. The smallest absolute Gasteiger partial charge is 0.209 e. The number of hydrogen-bond acceptors (Lipinski definition) is 4. The third kappa shape index (κ3) is 4.24. The Morgan fingerprint density at radius 1 is 1.22 bits per heavy atom. The summed E-state index contributed by atoms with van der Waals surface area (Å²) in [4.78, 5) is 0. The maximum Gasteiger partial charge on any atom is 0.209 e. The van der Waals surface area contributed by atoms with Crippen molar-refractivity contribution in [3.63, 3.8) is 0 Å². The van der Waals surface area contributed by atoms with Crippen LogP contribution in [-0.4, -0.2) is 30.8 Å². The zero-order valence-electron chi connectivity index (χ0n) is 25.5. The van der Waals surface area contributed by atoms with Crippen LogP contribution < -0.4 is 0 Å². The summed E-state index contributed by atoms with van der Waals surface area (Å²) in [6, 6.07) is 0. The summed E-state index contributed by atoms with van der Waals surface area (Å²) in [6.07, 6.45) is 13.5. The van der Waals surface area contributed by atoms with Crippen LogP contribution in [0.1, 0.15) is 113 Å². The number of aliphatic hydroxyl groups excluding tert-OH is 2. The summed E-state index contributed by atoms with van der Waals surface area (Å²) in [6.45, 7) is 16.5. The molecule has 5 saturated carbocycles. The molecule has 3 nitrogen and oxygen atoms in total. The van der Waals surface area contributed by atoms with Gasteiger partial charge in [0.05, 0.1) is 12.2 Å². The van der Waals surface area contributed by atoms with Gasteiger partial charge in [-0.2, -0.15) is 6.10 Å². The number of hydrogen-bond donors (Lipinski definition) is 2. The molecular formula is C31H51AcBO3S-. The van der Waals surface area contributed by atoms with E-state index in [0.29, 0.717) is 17.8 Å². The van der Waals surface area contributed by atoms with Crippen molar-refractivity contribution in [1.82, 2.24) is 0 Å². The van der Waals surface area contributed by atoms with Gasteiger partial charge in [-0.25, -0.2) is 0 Å². The van der Waals surface area contributed by atoms with E-state index in [9.17, 15) is 10.2 Å². The van der Waals surface area contributed by atoms with Gasteiger partial charge >= 0.3 is 0 Å². The molecule has 2 radical (unpaired) electrons. The fourth-order valence-electron chi connectivity index (χ4n) is 11.6. The van der Waals surface area contributed by atoms with Crippen LogP contribution >= 0.6 is 11.9 Å². The summed E-state index contributed by atoms with van der Waals surface area (Å²) < 4.78 is 13.4. The maximum absolute atomic E-state index is 12.1. The monoisotopic (exact) mass is 743 g/mol. The molecule has 0 saturated heterocycles. The van der Waals surface area contributed by atoms with E-state index < -0.39 is 0 Å². The fraction of sp³-hybridized carbons (Fsp3) is 0.903. The number of allylic oxidation sites excluding steroid dienone is 2. The molecule has 1 spiro atoms. The molecule has 0 bridgehead atoms. The van der Waals surface area contributed by atoms with Crippen LogP contribution in [0.3, 0.4) is 0 Å². The Kier molecular flexibility index (Phi) is 8.61. The average Bonchev–Trinajstić information content (AvgIpc) is 3.44. The molecule has 2 N–H and O–H groups in total. The third-order valence-corrected chi connectivity index (χ3v) is 13.8. The quantitative estimate of drug-likeness (QED) is 0.123.